The van der Waals surface area contributed by atoms with Crippen LogP contribution >= 0.6 is 0 Å². The molecule has 6 nitrogen and oxygen atoms in total. The zero-order chi connectivity index (χ0) is 15.4. The highest BCUT2D eigenvalue weighted by atomic mass is 32.2. The number of nitrogens with one attached hydrogen (secondary N) is 1. The second kappa shape index (κ2) is 6.87. The monoisotopic (exact) mass is 306 g/mol. The van der Waals surface area contributed by atoms with Crippen molar-refractivity contribution in [3.63, 3.8) is 0 Å². The van der Waals surface area contributed by atoms with Gasteiger partial charge in [0, 0.05) is 19.1 Å². The van der Waals surface area contributed by atoms with Gasteiger partial charge in [-0.2, -0.15) is 17.4 Å². The Hall–Kier alpha value is -0.660. The van der Waals surface area contributed by atoms with Gasteiger partial charge in [-0.05, 0) is 32.6 Å². The van der Waals surface area contributed by atoms with Gasteiger partial charge in [0.2, 0.25) is 0 Å². The largest absolute Gasteiger partial charge is 0.481 e. The van der Waals surface area contributed by atoms with Crippen LogP contribution in [0, 0.1) is 5.41 Å². The Kier molecular flexibility index (Phi) is 5.97. The molecule has 0 amide bonds. The van der Waals surface area contributed by atoms with E-state index in [9.17, 15) is 18.3 Å². The van der Waals surface area contributed by atoms with Crippen molar-refractivity contribution < 1.29 is 18.3 Å². The molecule has 0 spiro atoms. The van der Waals surface area contributed by atoms with Gasteiger partial charge in [-0.3, -0.25) is 4.79 Å². The van der Waals surface area contributed by atoms with E-state index in [1.807, 2.05) is 13.8 Å². The molecule has 0 aromatic carbocycles. The zero-order valence-electron chi connectivity index (χ0n) is 12.6. The molecular formula is C13H26N2O4S. The second-order valence-electron chi connectivity index (χ2n) is 5.69. The predicted molar refractivity (Wildman–Crippen MR) is 77.6 cm³/mol. The molecule has 1 fully saturated rings. The summed E-state index contributed by atoms with van der Waals surface area (Å²) in [6, 6.07) is -0.527. The molecule has 2 unspecified atom stereocenters. The SMILES string of the molecule is CCCN(CCC)S(=O)(=O)NC1CCCC1(C)C(=O)O. The van der Waals surface area contributed by atoms with Crippen molar-refractivity contribution in [2.45, 2.75) is 58.9 Å². The van der Waals surface area contributed by atoms with E-state index in [0.29, 0.717) is 25.9 Å². The highest BCUT2D eigenvalue weighted by Gasteiger charge is 2.47. The number of carboxylic acid groups (broad SMARTS) is 1. The molecule has 0 aromatic rings. The fraction of sp³-hybridized carbons (Fsp3) is 0.923. The Bertz CT molecular complexity index is 432. The maximum Gasteiger partial charge on any atom is 0.310 e. The standard InChI is InChI=1S/C13H26N2O4S/c1-4-9-15(10-5-2)20(18,19)14-11-7-6-8-13(11,3)12(16)17/h11,14H,4-10H2,1-3H3,(H,16,17). The van der Waals surface area contributed by atoms with Crippen LogP contribution in [0.15, 0.2) is 0 Å². The third-order valence-corrected chi connectivity index (χ3v) is 5.65. The fourth-order valence-electron chi connectivity index (χ4n) is 2.72. The molecule has 0 heterocycles. The molecule has 1 aliphatic rings. The summed E-state index contributed by atoms with van der Waals surface area (Å²) < 4.78 is 28.8. The Balaban J connectivity index is 2.86. The molecule has 0 aromatic heterocycles. The van der Waals surface area contributed by atoms with Gasteiger partial charge < -0.3 is 5.11 Å². The van der Waals surface area contributed by atoms with Crippen molar-refractivity contribution in [2.24, 2.45) is 5.41 Å². The van der Waals surface area contributed by atoms with E-state index in [1.165, 1.54) is 4.31 Å². The third kappa shape index (κ3) is 3.71. The van der Waals surface area contributed by atoms with E-state index in [-0.39, 0.29) is 0 Å². The molecule has 118 valence electrons. The van der Waals surface area contributed by atoms with Crippen LogP contribution in [0.5, 0.6) is 0 Å². The van der Waals surface area contributed by atoms with Crippen LogP contribution in [-0.2, 0) is 15.0 Å². The minimum atomic E-state index is -3.61. The van der Waals surface area contributed by atoms with Crippen molar-refractivity contribution in [3.05, 3.63) is 0 Å². The summed E-state index contributed by atoms with van der Waals surface area (Å²) in [6.45, 7) is 6.39. The highest BCUT2D eigenvalue weighted by Crippen LogP contribution is 2.38. The lowest BCUT2D eigenvalue weighted by molar-refractivity contribution is -0.148. The number of nitrogens with zero attached hydrogens (tertiary/aromatic N) is 1. The lowest BCUT2D eigenvalue weighted by atomic mass is 9.85. The molecule has 20 heavy (non-hydrogen) atoms. The van der Waals surface area contributed by atoms with Crippen LogP contribution < -0.4 is 4.72 Å². The van der Waals surface area contributed by atoms with Crippen molar-refractivity contribution in [2.75, 3.05) is 13.1 Å². The minimum absolute atomic E-state index is 0.458. The highest BCUT2D eigenvalue weighted by molar-refractivity contribution is 7.87. The maximum absolute atomic E-state index is 12.4. The van der Waals surface area contributed by atoms with Gasteiger partial charge in [-0.1, -0.05) is 20.3 Å². The van der Waals surface area contributed by atoms with Gasteiger partial charge in [0.25, 0.3) is 10.2 Å². The second-order valence-corrected chi connectivity index (χ2v) is 7.39. The first-order chi connectivity index (χ1) is 9.28. The van der Waals surface area contributed by atoms with Crippen LogP contribution in [0.1, 0.15) is 52.9 Å². The molecule has 2 N–H and O–H groups in total. The van der Waals surface area contributed by atoms with Crippen LogP contribution in [0.3, 0.4) is 0 Å². The smallest absolute Gasteiger partial charge is 0.310 e. The number of hydrogen-bond donors (Lipinski definition) is 2. The molecular weight excluding hydrogens is 280 g/mol. The van der Waals surface area contributed by atoms with Gasteiger partial charge in [0.15, 0.2) is 0 Å². The molecule has 1 saturated carbocycles. The first-order valence-corrected chi connectivity index (χ1v) is 8.72. The van der Waals surface area contributed by atoms with E-state index < -0.39 is 27.6 Å². The Morgan fingerprint density at radius 2 is 1.90 bits per heavy atom. The summed E-state index contributed by atoms with van der Waals surface area (Å²) in [5.41, 5.74) is -1.00. The van der Waals surface area contributed by atoms with Crippen LogP contribution in [-0.4, -0.2) is 42.9 Å². The molecule has 7 heteroatoms. The number of hydrogen-bond acceptors (Lipinski definition) is 3. The van der Waals surface area contributed by atoms with E-state index in [4.69, 9.17) is 0 Å². The predicted octanol–water partition coefficient (Wildman–Crippen LogP) is 1.59. The molecule has 0 radical (unpaired) electrons. The quantitative estimate of drug-likeness (QED) is 0.713. The molecule has 1 aliphatic carbocycles. The Morgan fingerprint density at radius 3 is 2.35 bits per heavy atom. The number of rotatable bonds is 8. The summed E-state index contributed by atoms with van der Waals surface area (Å²) in [4.78, 5) is 11.4. The van der Waals surface area contributed by atoms with Gasteiger partial charge in [-0.15, -0.1) is 0 Å². The topological polar surface area (TPSA) is 86.7 Å². The van der Waals surface area contributed by atoms with Gasteiger partial charge in [-0.25, -0.2) is 0 Å². The third-order valence-electron chi connectivity index (χ3n) is 4.02. The normalized spacial score (nSPS) is 27.1. The summed E-state index contributed by atoms with van der Waals surface area (Å²) in [5.74, 6) is -0.930. The summed E-state index contributed by atoms with van der Waals surface area (Å²) in [6.07, 6.45) is 3.30. The van der Waals surface area contributed by atoms with E-state index >= 15 is 0 Å². The molecule has 0 aliphatic heterocycles. The average Bonchev–Trinajstić information content (AvgIpc) is 2.71. The van der Waals surface area contributed by atoms with Crippen molar-refractivity contribution in [1.82, 2.24) is 9.03 Å². The van der Waals surface area contributed by atoms with E-state index in [0.717, 1.165) is 19.3 Å². The zero-order valence-corrected chi connectivity index (χ0v) is 13.4. The van der Waals surface area contributed by atoms with E-state index in [2.05, 4.69) is 4.72 Å². The van der Waals surface area contributed by atoms with Crippen LogP contribution in [0.4, 0.5) is 0 Å². The molecule has 2 atom stereocenters. The van der Waals surface area contributed by atoms with Crippen LogP contribution in [0.2, 0.25) is 0 Å². The van der Waals surface area contributed by atoms with Gasteiger partial charge >= 0.3 is 5.97 Å². The summed E-state index contributed by atoms with van der Waals surface area (Å²) in [7, 11) is -3.61. The summed E-state index contributed by atoms with van der Waals surface area (Å²) in [5, 5.41) is 9.34. The molecule has 0 bridgehead atoms. The minimum Gasteiger partial charge on any atom is -0.481 e. The molecule has 0 saturated heterocycles. The Labute approximate surface area is 121 Å². The van der Waals surface area contributed by atoms with Crippen molar-refractivity contribution in [3.8, 4) is 0 Å². The first-order valence-electron chi connectivity index (χ1n) is 7.28. The number of aliphatic carboxylic acids is 1. The fourth-order valence-corrected chi connectivity index (χ4v) is 4.45. The van der Waals surface area contributed by atoms with Crippen LogP contribution in [0.25, 0.3) is 0 Å². The lowest BCUT2D eigenvalue weighted by Gasteiger charge is -2.30. The first kappa shape index (κ1) is 17.4. The van der Waals surface area contributed by atoms with Crippen molar-refractivity contribution >= 4 is 16.2 Å². The maximum atomic E-state index is 12.4. The van der Waals surface area contributed by atoms with Crippen molar-refractivity contribution in [1.29, 1.82) is 0 Å². The summed E-state index contributed by atoms with van der Waals surface area (Å²) >= 11 is 0. The lowest BCUT2D eigenvalue weighted by Crippen LogP contribution is -2.51. The van der Waals surface area contributed by atoms with Gasteiger partial charge in [0.1, 0.15) is 0 Å². The number of carboxylic acids is 1. The Morgan fingerprint density at radius 1 is 1.35 bits per heavy atom. The average molecular weight is 306 g/mol. The number of carbonyl (C=O) groups is 1. The van der Waals surface area contributed by atoms with E-state index in [1.54, 1.807) is 6.92 Å². The van der Waals surface area contributed by atoms with Gasteiger partial charge in [0.05, 0.1) is 5.41 Å². The molecule has 1 rings (SSSR count).